The lowest BCUT2D eigenvalue weighted by Gasteiger charge is -2.38. The van der Waals surface area contributed by atoms with Crippen LogP contribution in [0.3, 0.4) is 0 Å². The normalized spacial score (nSPS) is 23.5. The van der Waals surface area contributed by atoms with E-state index in [4.69, 9.17) is 5.73 Å². The first-order valence-electron chi connectivity index (χ1n) is 16.7. The predicted molar refractivity (Wildman–Crippen MR) is 180 cm³/mol. The summed E-state index contributed by atoms with van der Waals surface area (Å²) in [6.07, 6.45) is 2.13. The van der Waals surface area contributed by atoms with E-state index in [1.807, 2.05) is 48.5 Å². The molecule has 0 aromatic heterocycles. The Hall–Kier alpha value is -3.52. The summed E-state index contributed by atoms with van der Waals surface area (Å²) >= 11 is 0. The summed E-state index contributed by atoms with van der Waals surface area (Å²) in [6, 6.07) is 3.81. The summed E-state index contributed by atoms with van der Waals surface area (Å²) in [4.78, 5) is 67.7. The van der Waals surface area contributed by atoms with E-state index in [-0.39, 0.29) is 40.5 Å². The lowest BCUT2D eigenvalue weighted by Crippen LogP contribution is -2.62. The molecule has 0 radical (unpaired) electrons. The fourth-order valence-electron chi connectivity index (χ4n) is 6.89. The molecule has 14 heteroatoms. The number of likely N-dealkylation sites (N-methyl/N-ethyl adjacent to an activating group) is 1. The highest BCUT2D eigenvalue weighted by molar-refractivity contribution is 7.89. The van der Waals surface area contributed by atoms with E-state index in [1.165, 1.54) is 28.4 Å². The third kappa shape index (κ3) is 8.02. The Bertz CT molecular complexity index is 1520. The number of piperidine rings is 1. The molecule has 1 heterocycles. The highest BCUT2D eigenvalue weighted by Gasteiger charge is 2.70. The quantitative estimate of drug-likeness (QED) is 0.215. The maximum atomic E-state index is 14.3. The molecule has 1 aliphatic heterocycles. The Kier molecular flexibility index (Phi) is 10.7. The number of nitrogens with two attached hydrogens (primary N) is 1. The van der Waals surface area contributed by atoms with Gasteiger partial charge in [-0.1, -0.05) is 79.5 Å². The van der Waals surface area contributed by atoms with Crippen LogP contribution in [0.1, 0.15) is 67.7 Å². The van der Waals surface area contributed by atoms with Crippen molar-refractivity contribution >= 4 is 39.6 Å². The number of ketones is 1. The van der Waals surface area contributed by atoms with Gasteiger partial charge in [0.05, 0.1) is 10.9 Å². The van der Waals surface area contributed by atoms with Gasteiger partial charge in [0.1, 0.15) is 12.1 Å². The second-order valence-electron chi connectivity index (χ2n) is 15.7. The number of primary amides is 1. The van der Waals surface area contributed by atoms with Gasteiger partial charge in [-0.05, 0) is 53.1 Å². The molecule has 2 saturated carbocycles. The number of urea groups is 1. The molecule has 4 rings (SSSR count). The number of likely N-dealkylation sites (tertiary alicyclic amines) is 1. The number of carbonyl (C=O) groups excluding carboxylic acids is 5. The van der Waals surface area contributed by atoms with Crippen LogP contribution in [-0.4, -0.2) is 91.5 Å². The number of nitrogens with one attached hydrogen (secondary N) is 3. The summed E-state index contributed by atoms with van der Waals surface area (Å²) in [5.41, 5.74) is 4.31. The molecular formula is C34H52N6O7S. The number of benzene rings is 1. The highest BCUT2D eigenvalue weighted by atomic mass is 32.2. The Morgan fingerprint density at radius 1 is 1.02 bits per heavy atom. The minimum absolute atomic E-state index is 0.00466. The van der Waals surface area contributed by atoms with Crippen LogP contribution >= 0.6 is 0 Å². The van der Waals surface area contributed by atoms with Crippen LogP contribution in [0.4, 0.5) is 4.79 Å². The van der Waals surface area contributed by atoms with Crippen LogP contribution in [0.15, 0.2) is 35.2 Å². The number of hydrogen-bond acceptors (Lipinski definition) is 7. The molecule has 3 aliphatic rings. The van der Waals surface area contributed by atoms with E-state index in [0.717, 1.165) is 12.8 Å². The minimum Gasteiger partial charge on any atom is -0.363 e. The van der Waals surface area contributed by atoms with Crippen LogP contribution in [-0.2, 0) is 29.2 Å². The number of fused-ring (bicyclic) bond motifs is 1. The Labute approximate surface area is 284 Å². The summed E-state index contributed by atoms with van der Waals surface area (Å²) in [5.74, 6) is -2.96. The molecule has 1 aromatic rings. The molecule has 13 nitrogen and oxygen atoms in total. The van der Waals surface area contributed by atoms with E-state index in [1.54, 1.807) is 18.2 Å². The van der Waals surface area contributed by atoms with Gasteiger partial charge in [-0.15, -0.1) is 0 Å². The molecule has 2 unspecified atom stereocenters. The smallest absolute Gasteiger partial charge is 0.315 e. The van der Waals surface area contributed by atoms with Crippen molar-refractivity contribution in [3.05, 3.63) is 30.3 Å². The molecule has 0 spiro atoms. The van der Waals surface area contributed by atoms with Crippen molar-refractivity contribution in [2.24, 2.45) is 40.2 Å². The maximum absolute atomic E-state index is 14.3. The first-order valence-corrected chi connectivity index (χ1v) is 18.1. The number of amides is 5. The van der Waals surface area contributed by atoms with Crippen LogP contribution in [0, 0.1) is 34.5 Å². The number of nitrogens with zero attached hydrogens (tertiary/aromatic N) is 2. The zero-order valence-electron chi connectivity index (χ0n) is 29.3. The molecule has 1 saturated heterocycles. The number of sulfonamides is 1. The Morgan fingerprint density at radius 2 is 1.62 bits per heavy atom. The lowest BCUT2D eigenvalue weighted by atomic mass is 9.85. The topological polar surface area (TPSA) is 188 Å². The first-order chi connectivity index (χ1) is 22.2. The van der Waals surface area contributed by atoms with Gasteiger partial charge in [-0.2, -0.15) is 4.31 Å². The molecule has 1 aromatic carbocycles. The molecule has 0 bridgehead atoms. The van der Waals surface area contributed by atoms with E-state index < -0.39 is 69.1 Å². The monoisotopic (exact) mass is 688 g/mol. The molecule has 266 valence electrons. The van der Waals surface area contributed by atoms with Crippen molar-refractivity contribution < 1.29 is 32.4 Å². The van der Waals surface area contributed by atoms with Crippen molar-refractivity contribution in [1.29, 1.82) is 0 Å². The first kappa shape index (κ1) is 37.3. The van der Waals surface area contributed by atoms with E-state index in [9.17, 15) is 32.4 Å². The lowest BCUT2D eigenvalue weighted by molar-refractivity contribution is -0.145. The van der Waals surface area contributed by atoms with E-state index >= 15 is 0 Å². The summed E-state index contributed by atoms with van der Waals surface area (Å²) < 4.78 is 27.5. The second kappa shape index (κ2) is 13.8. The SMILES string of the molecule is CC(C)[C@@H](CN(C)S(=O)(=O)c1ccccc1)NC(=O)N[C@H](C(=O)N1C[C@H]2C([C@H]1C(=O)NC(CC1CC1)C(=O)C(N)=O)C2(C)C)C(C)(C)C. The van der Waals surface area contributed by atoms with Crippen molar-refractivity contribution in [2.45, 2.75) is 96.8 Å². The van der Waals surface area contributed by atoms with Crippen molar-refractivity contribution in [3.63, 3.8) is 0 Å². The Balaban J connectivity index is 1.50. The van der Waals surface area contributed by atoms with Crippen LogP contribution in [0.5, 0.6) is 0 Å². The van der Waals surface area contributed by atoms with Crippen LogP contribution < -0.4 is 21.7 Å². The van der Waals surface area contributed by atoms with Gasteiger partial charge in [0.25, 0.3) is 5.91 Å². The summed E-state index contributed by atoms with van der Waals surface area (Å²) in [6.45, 7) is 13.5. The third-order valence-electron chi connectivity index (χ3n) is 10.3. The molecule has 5 N–H and O–H groups in total. The van der Waals surface area contributed by atoms with Crippen molar-refractivity contribution in [3.8, 4) is 0 Å². The average Bonchev–Trinajstić information content (AvgIpc) is 3.85. The largest absolute Gasteiger partial charge is 0.363 e. The number of hydrogen-bond donors (Lipinski definition) is 4. The number of rotatable bonds is 14. The van der Waals surface area contributed by atoms with Gasteiger partial charge in [0, 0.05) is 26.2 Å². The molecule has 3 fully saturated rings. The van der Waals surface area contributed by atoms with Gasteiger partial charge >= 0.3 is 6.03 Å². The van der Waals surface area contributed by atoms with Crippen LogP contribution in [0.2, 0.25) is 0 Å². The molecule has 2 aliphatic carbocycles. The van der Waals surface area contributed by atoms with Crippen LogP contribution in [0.25, 0.3) is 0 Å². The standard InChI is InChI=1S/C34H52N6O7S/c1-19(2)24(18-39(8)48(46,47)21-12-10-9-11-13-21)37-32(45)38-28(33(3,4)5)31(44)40-17-22-25(34(22,6)7)26(40)30(43)36-23(16-20-14-15-20)27(41)29(35)42/h9-13,19-20,22-26,28H,14-18H2,1-8H3,(H2,35,42)(H,36,43)(H2,37,38,45)/t22-,23?,24+,25?,26-,28+/m0/s1. The molecule has 48 heavy (non-hydrogen) atoms. The minimum atomic E-state index is -3.81. The highest BCUT2D eigenvalue weighted by Crippen LogP contribution is 2.65. The third-order valence-corrected chi connectivity index (χ3v) is 12.2. The number of carbonyl (C=O) groups is 5. The van der Waals surface area contributed by atoms with E-state index in [2.05, 4.69) is 16.0 Å². The summed E-state index contributed by atoms with van der Waals surface area (Å²) in [5, 5.41) is 8.45. The molecular weight excluding hydrogens is 636 g/mol. The van der Waals surface area contributed by atoms with Gasteiger partial charge in [0.2, 0.25) is 27.6 Å². The maximum Gasteiger partial charge on any atom is 0.315 e. The summed E-state index contributed by atoms with van der Waals surface area (Å²) in [7, 11) is -2.35. The zero-order chi connectivity index (χ0) is 35.9. The fraction of sp³-hybridized carbons (Fsp3) is 0.676. The zero-order valence-corrected chi connectivity index (χ0v) is 30.1. The second-order valence-corrected chi connectivity index (χ2v) is 17.8. The van der Waals surface area contributed by atoms with Crippen molar-refractivity contribution in [1.82, 2.24) is 25.2 Å². The van der Waals surface area contributed by atoms with E-state index in [0.29, 0.717) is 13.0 Å². The molecule has 5 amide bonds. The van der Waals surface area contributed by atoms with Gasteiger partial charge < -0.3 is 26.6 Å². The molecule has 6 atom stereocenters. The van der Waals surface area contributed by atoms with Gasteiger partial charge in [-0.25, -0.2) is 13.2 Å². The van der Waals surface area contributed by atoms with Gasteiger partial charge in [-0.3, -0.25) is 19.2 Å². The predicted octanol–water partition coefficient (Wildman–Crippen LogP) is 1.87. The fourth-order valence-corrected chi connectivity index (χ4v) is 8.10. The van der Waals surface area contributed by atoms with Crippen molar-refractivity contribution in [2.75, 3.05) is 20.1 Å². The average molecular weight is 689 g/mol. The Morgan fingerprint density at radius 3 is 2.15 bits per heavy atom. The number of Topliss-reactive ketones (excluding diaryl/α,β-unsaturated/α-hetero) is 1. The van der Waals surface area contributed by atoms with Gasteiger partial charge in [0.15, 0.2) is 0 Å².